The summed E-state index contributed by atoms with van der Waals surface area (Å²) in [6, 6.07) is 59.3. The van der Waals surface area contributed by atoms with Crippen LogP contribution < -0.4 is 0 Å². The molecule has 4 aromatic carbocycles. The molecular weight excluding hydrogens is 648 g/mol. The van der Waals surface area contributed by atoms with Gasteiger partial charge in [0.15, 0.2) is 0 Å². The van der Waals surface area contributed by atoms with E-state index in [1.54, 1.807) is 0 Å². The number of rotatable bonds is 4. The minimum atomic E-state index is 0. The maximum absolute atomic E-state index is 5.29. The van der Waals surface area contributed by atoms with E-state index in [0.29, 0.717) is 0 Å². The second kappa shape index (κ2) is 12.9. The first-order valence-electron chi connectivity index (χ1n) is 16.2. The van der Waals surface area contributed by atoms with Gasteiger partial charge < -0.3 is 9.97 Å². The van der Waals surface area contributed by atoms with Crippen molar-refractivity contribution in [1.29, 1.82) is 0 Å². The van der Waals surface area contributed by atoms with E-state index in [2.05, 4.69) is 180 Å². The van der Waals surface area contributed by atoms with Crippen molar-refractivity contribution in [1.82, 2.24) is 19.9 Å². The number of benzene rings is 4. The molecule has 49 heavy (non-hydrogen) atoms. The number of hydrogen-bond acceptors (Lipinski definition) is 2. The Morgan fingerprint density at radius 2 is 0.510 bits per heavy atom. The number of nitrogens with one attached hydrogen (secondary N) is 2. The van der Waals surface area contributed by atoms with Crippen LogP contribution in [0.4, 0.5) is 0 Å². The molecule has 9 rings (SSSR count). The van der Waals surface area contributed by atoms with Crippen LogP contribution in [0.25, 0.3) is 44.4 Å². The van der Waals surface area contributed by atoms with Crippen molar-refractivity contribution in [3.05, 3.63) is 215 Å². The van der Waals surface area contributed by atoms with Crippen LogP contribution in [0.1, 0.15) is 45.0 Å². The summed E-state index contributed by atoms with van der Waals surface area (Å²) in [6.07, 6.45) is 0. The molecule has 7 aromatic rings. The van der Waals surface area contributed by atoms with Crippen LogP contribution in [0.2, 0.25) is 0 Å². The zero-order valence-corrected chi connectivity index (χ0v) is 27.3. The molecule has 2 aliphatic heterocycles. The molecule has 4 nitrogen and oxygen atoms in total. The van der Waals surface area contributed by atoms with E-state index in [4.69, 9.17) is 9.97 Å². The van der Waals surface area contributed by atoms with Crippen LogP contribution in [0, 0.1) is 0 Å². The number of aromatic amines is 2. The Kier molecular flexibility index (Phi) is 7.98. The van der Waals surface area contributed by atoms with Gasteiger partial charge in [0, 0.05) is 61.4 Å². The van der Waals surface area contributed by atoms with Gasteiger partial charge in [-0.25, -0.2) is 9.97 Å². The van der Waals surface area contributed by atoms with Crippen molar-refractivity contribution < 1.29 is 17.1 Å². The zero-order chi connectivity index (χ0) is 31.9. The normalized spacial score (nSPS) is 12.6. The molecule has 1 radical (unpaired) electrons. The minimum Gasteiger partial charge on any atom is -0.355 e. The van der Waals surface area contributed by atoms with Crippen molar-refractivity contribution in [3.63, 3.8) is 0 Å². The molecule has 5 heterocycles. The first-order chi connectivity index (χ1) is 23.8. The molecule has 0 atom stereocenters. The summed E-state index contributed by atoms with van der Waals surface area (Å²) in [5, 5.41) is 0. The Balaban J connectivity index is 0.00000348. The summed E-state index contributed by atoms with van der Waals surface area (Å²) in [5.74, 6) is 0. The molecule has 0 saturated carbocycles. The van der Waals surface area contributed by atoms with E-state index in [0.717, 1.165) is 89.4 Å². The van der Waals surface area contributed by atoms with Gasteiger partial charge in [0.05, 0.1) is 22.8 Å². The summed E-state index contributed by atoms with van der Waals surface area (Å²) in [4.78, 5) is 17.9. The van der Waals surface area contributed by atoms with Gasteiger partial charge in [-0.1, -0.05) is 121 Å². The molecule has 0 amide bonds. The summed E-state index contributed by atoms with van der Waals surface area (Å²) < 4.78 is 0. The Hall–Kier alpha value is -6.00. The van der Waals surface area contributed by atoms with E-state index in [1.165, 1.54) is 0 Å². The smallest absolute Gasteiger partial charge is 0.0743 e. The molecule has 0 fully saturated rings. The molecule has 0 saturated heterocycles. The number of fused-ring (bicyclic) bond motifs is 8. The predicted molar refractivity (Wildman–Crippen MR) is 197 cm³/mol. The van der Waals surface area contributed by atoms with E-state index in [9.17, 15) is 0 Å². The summed E-state index contributed by atoms with van der Waals surface area (Å²) in [6.45, 7) is 0. The van der Waals surface area contributed by atoms with Crippen molar-refractivity contribution in [2.75, 3.05) is 0 Å². The van der Waals surface area contributed by atoms with Crippen LogP contribution >= 0.6 is 0 Å². The third-order valence-electron chi connectivity index (χ3n) is 8.89. The average Bonchev–Trinajstić information content (AvgIpc) is 3.93. The third kappa shape index (κ3) is 5.76. The third-order valence-corrected chi connectivity index (χ3v) is 8.89. The molecule has 0 spiro atoms. The van der Waals surface area contributed by atoms with Gasteiger partial charge in [0.25, 0.3) is 0 Å². The maximum Gasteiger partial charge on any atom is 0.0743 e. The number of H-pyrrole nitrogens is 2. The molecule has 0 aliphatic carbocycles. The largest absolute Gasteiger partial charge is 0.355 e. The van der Waals surface area contributed by atoms with Gasteiger partial charge >= 0.3 is 0 Å². The minimum absolute atomic E-state index is 0. The van der Waals surface area contributed by atoms with Crippen molar-refractivity contribution >= 4 is 44.4 Å². The van der Waals surface area contributed by atoms with Gasteiger partial charge in [-0.2, -0.15) is 0 Å². The number of nitrogens with zero attached hydrogens (tertiary/aromatic N) is 2. The first kappa shape index (κ1) is 30.3. The number of hydrogen-bond donors (Lipinski definition) is 2. The molecule has 3 aromatic heterocycles. The average molecular weight is 678 g/mol. The molecular formula is C44H30CuN4. The number of aromatic nitrogens is 4. The van der Waals surface area contributed by atoms with Crippen LogP contribution in [0.5, 0.6) is 0 Å². The molecule has 237 valence electrons. The molecule has 5 heteroatoms. The van der Waals surface area contributed by atoms with Gasteiger partial charge in [0.2, 0.25) is 0 Å². The molecule has 2 N–H and O–H groups in total. The Bertz CT molecular complexity index is 2180. The van der Waals surface area contributed by atoms with E-state index >= 15 is 0 Å². The zero-order valence-electron chi connectivity index (χ0n) is 26.4. The maximum atomic E-state index is 5.29. The molecule has 8 bridgehead atoms. The summed E-state index contributed by atoms with van der Waals surface area (Å²) in [5.41, 5.74) is 16.5. The van der Waals surface area contributed by atoms with Crippen LogP contribution in [-0.4, -0.2) is 19.9 Å². The van der Waals surface area contributed by atoms with Gasteiger partial charge in [0.1, 0.15) is 0 Å². The van der Waals surface area contributed by atoms with Crippen molar-refractivity contribution in [2.45, 2.75) is 0 Å². The second-order valence-electron chi connectivity index (χ2n) is 12.0. The fourth-order valence-corrected chi connectivity index (χ4v) is 6.79. The standard InChI is InChI=1S/C44H30N4.Cu/c1-5-13-29(14-6-1)41-37-25-33-21-22-35(45-33)27-39-43(31-17-9-3-10-18-31)44(32-19-11-4-12-20-32)40(48-39)28-36-24-23-34(46-36)26-38(47-37)42(41)30-15-7-2-8-16-30;/h1-28,45-46H;. The fourth-order valence-electron chi connectivity index (χ4n) is 6.79. The second-order valence-corrected chi connectivity index (χ2v) is 12.0. The fraction of sp³-hybridized carbons (Fsp3) is 0. The monoisotopic (exact) mass is 677 g/mol. The quantitative estimate of drug-likeness (QED) is 0.182. The van der Waals surface area contributed by atoms with Crippen LogP contribution in [0.15, 0.2) is 170 Å². The molecule has 2 aliphatic rings. The Labute approximate surface area is 295 Å². The first-order valence-corrected chi connectivity index (χ1v) is 16.2. The van der Waals surface area contributed by atoms with Gasteiger partial charge in [-0.3, -0.25) is 0 Å². The van der Waals surface area contributed by atoms with Crippen LogP contribution in [0.3, 0.4) is 0 Å². The Morgan fingerprint density at radius 1 is 0.286 bits per heavy atom. The van der Waals surface area contributed by atoms with E-state index in [-0.39, 0.29) is 17.1 Å². The topological polar surface area (TPSA) is 57.4 Å². The van der Waals surface area contributed by atoms with Gasteiger partial charge in [-0.05, 0) is 70.8 Å². The van der Waals surface area contributed by atoms with E-state index in [1.807, 2.05) is 0 Å². The molecule has 0 unspecified atom stereocenters. The predicted octanol–water partition coefficient (Wildman–Crippen LogP) is 10.3. The SMILES string of the molecule is [Cu].c1ccc(C2=C(c3ccccc3)c3cc4ccc(cc5nc(cc6ccc(cc2n3)[nH]6)C(c2ccccc2)=C5c2ccccc2)[nH]4)cc1. The van der Waals surface area contributed by atoms with E-state index < -0.39 is 0 Å². The van der Waals surface area contributed by atoms with Crippen molar-refractivity contribution in [3.8, 4) is 0 Å². The van der Waals surface area contributed by atoms with Gasteiger partial charge in [-0.15, -0.1) is 0 Å². The van der Waals surface area contributed by atoms with Crippen LogP contribution in [-0.2, 0) is 17.1 Å². The summed E-state index contributed by atoms with van der Waals surface area (Å²) >= 11 is 0. The summed E-state index contributed by atoms with van der Waals surface area (Å²) in [7, 11) is 0. The van der Waals surface area contributed by atoms with Crippen molar-refractivity contribution in [2.24, 2.45) is 0 Å². The Morgan fingerprint density at radius 3 is 0.735 bits per heavy atom.